The molecule has 0 saturated heterocycles. The van der Waals surface area contributed by atoms with Gasteiger partial charge in [-0.25, -0.2) is 0 Å². The van der Waals surface area contributed by atoms with Gasteiger partial charge in [-0.15, -0.1) is 0 Å². The van der Waals surface area contributed by atoms with Crippen LogP contribution >= 0.6 is 22.6 Å². The average Bonchev–Trinajstić information content (AvgIpc) is 2.66. The zero-order valence-electron chi connectivity index (χ0n) is 16.5. The molecule has 0 aliphatic rings. The number of carbonyl (C=O) groups is 1. The van der Waals surface area contributed by atoms with Crippen LogP contribution in [0.2, 0.25) is 0 Å². The Morgan fingerprint density at radius 3 is 1.26 bits per heavy atom. The van der Waals surface area contributed by atoms with E-state index < -0.39 is 0 Å². The molecular weight excluding hydrogens is 471 g/mol. The molecule has 0 aliphatic carbocycles. The van der Waals surface area contributed by atoms with E-state index in [2.05, 4.69) is 22.6 Å². The first kappa shape index (κ1) is 27.0. The number of hydrogen-bond donors (Lipinski definition) is 0. The molecule has 27 heavy (non-hydrogen) atoms. The summed E-state index contributed by atoms with van der Waals surface area (Å²) in [6.07, 6.45) is 1.25. The molecule has 0 aromatic heterocycles. The maximum absolute atomic E-state index is 11.1. The molecule has 8 nitrogen and oxygen atoms in total. The Morgan fingerprint density at radius 1 is 0.593 bits per heavy atom. The lowest BCUT2D eigenvalue weighted by atomic mass is 10.3. The number of halogens is 1. The summed E-state index contributed by atoms with van der Waals surface area (Å²) < 4.78 is 38.1. The summed E-state index contributed by atoms with van der Waals surface area (Å²) in [6.45, 7) is 8.78. The third kappa shape index (κ3) is 23.9. The number of rotatable bonds is 22. The first-order valence-electron chi connectivity index (χ1n) is 9.49. The Hall–Kier alpha value is -0.0400. The molecule has 0 heterocycles. The van der Waals surface area contributed by atoms with E-state index in [-0.39, 0.29) is 5.97 Å². The van der Waals surface area contributed by atoms with Crippen molar-refractivity contribution in [3.63, 3.8) is 0 Å². The standard InChI is InChI=1S/C18H35IO8/c1-2-3-18(20)27-17-16-26-15-14-25-13-12-24-11-10-23-9-8-22-7-6-21-5-4-19/h2-17H2,1H3. The zero-order chi connectivity index (χ0) is 19.8. The Labute approximate surface area is 176 Å². The van der Waals surface area contributed by atoms with Gasteiger partial charge in [0, 0.05) is 10.8 Å². The van der Waals surface area contributed by atoms with Crippen LogP contribution < -0.4 is 0 Å². The summed E-state index contributed by atoms with van der Waals surface area (Å²) >= 11 is 2.27. The molecule has 0 spiro atoms. The van der Waals surface area contributed by atoms with E-state index in [1.165, 1.54) is 0 Å². The van der Waals surface area contributed by atoms with Crippen LogP contribution in [0.3, 0.4) is 0 Å². The second kappa shape index (κ2) is 24.0. The van der Waals surface area contributed by atoms with Crippen LogP contribution in [-0.4, -0.2) is 96.3 Å². The van der Waals surface area contributed by atoms with Crippen LogP contribution in [0, 0.1) is 0 Å². The number of ether oxygens (including phenoxy) is 7. The highest BCUT2D eigenvalue weighted by molar-refractivity contribution is 14.1. The molecule has 0 N–H and O–H groups in total. The van der Waals surface area contributed by atoms with Crippen LogP contribution in [0.25, 0.3) is 0 Å². The Kier molecular flexibility index (Phi) is 24.0. The fourth-order valence-corrected chi connectivity index (χ4v) is 2.06. The predicted octanol–water partition coefficient (Wildman–Crippen LogP) is 1.86. The molecule has 0 unspecified atom stereocenters. The molecule has 0 aliphatic heterocycles. The molecule has 0 fully saturated rings. The first-order chi connectivity index (χ1) is 13.3. The van der Waals surface area contributed by atoms with Crippen LogP contribution in [0.4, 0.5) is 0 Å². The molecule has 0 atom stereocenters. The minimum absolute atomic E-state index is 0.178. The van der Waals surface area contributed by atoms with Crippen molar-refractivity contribution in [1.82, 2.24) is 0 Å². The molecule has 0 aromatic carbocycles. The average molecular weight is 506 g/mol. The maximum Gasteiger partial charge on any atom is 0.305 e. The Bertz CT molecular complexity index is 307. The fourth-order valence-electron chi connectivity index (χ4n) is 1.75. The topological polar surface area (TPSA) is 81.7 Å². The van der Waals surface area contributed by atoms with Gasteiger partial charge in [-0.3, -0.25) is 4.79 Å². The lowest BCUT2D eigenvalue weighted by molar-refractivity contribution is -0.145. The monoisotopic (exact) mass is 506 g/mol. The van der Waals surface area contributed by atoms with Crippen LogP contribution in [0.5, 0.6) is 0 Å². The van der Waals surface area contributed by atoms with Gasteiger partial charge in [-0.05, 0) is 6.42 Å². The van der Waals surface area contributed by atoms with Crippen LogP contribution in [-0.2, 0) is 38.0 Å². The molecule has 162 valence electrons. The highest BCUT2D eigenvalue weighted by Crippen LogP contribution is 1.91. The summed E-state index contributed by atoms with van der Waals surface area (Å²) in [6, 6.07) is 0. The van der Waals surface area contributed by atoms with Crippen LogP contribution in [0.1, 0.15) is 19.8 Å². The van der Waals surface area contributed by atoms with E-state index in [1.807, 2.05) is 6.92 Å². The van der Waals surface area contributed by atoms with Crippen molar-refractivity contribution in [2.45, 2.75) is 19.8 Å². The third-order valence-electron chi connectivity index (χ3n) is 3.03. The fraction of sp³-hybridized carbons (Fsp3) is 0.944. The SMILES string of the molecule is CCCC(=O)OCCOCCOCCOCCOCCOCCOCCI. The lowest BCUT2D eigenvalue weighted by Gasteiger charge is -2.08. The van der Waals surface area contributed by atoms with Gasteiger partial charge in [0.05, 0.1) is 79.3 Å². The van der Waals surface area contributed by atoms with Gasteiger partial charge in [0.25, 0.3) is 0 Å². The zero-order valence-corrected chi connectivity index (χ0v) is 18.6. The summed E-state index contributed by atoms with van der Waals surface area (Å²) in [7, 11) is 0. The molecule has 0 bridgehead atoms. The van der Waals surface area contributed by atoms with Crippen molar-refractivity contribution in [2.24, 2.45) is 0 Å². The Morgan fingerprint density at radius 2 is 0.926 bits per heavy atom. The quantitative estimate of drug-likeness (QED) is 0.0953. The van der Waals surface area contributed by atoms with Gasteiger partial charge in [-0.2, -0.15) is 0 Å². The van der Waals surface area contributed by atoms with Gasteiger partial charge in [-0.1, -0.05) is 29.5 Å². The van der Waals surface area contributed by atoms with Crippen molar-refractivity contribution in [2.75, 3.05) is 90.3 Å². The minimum Gasteiger partial charge on any atom is -0.463 e. The molecule has 0 amide bonds. The van der Waals surface area contributed by atoms with Crippen molar-refractivity contribution < 1.29 is 38.0 Å². The molecule has 0 rings (SSSR count). The van der Waals surface area contributed by atoms with Crippen molar-refractivity contribution in [3.8, 4) is 0 Å². The van der Waals surface area contributed by atoms with Gasteiger partial charge < -0.3 is 33.2 Å². The Balaban J connectivity index is 3.02. The van der Waals surface area contributed by atoms with Crippen LogP contribution in [0.15, 0.2) is 0 Å². The van der Waals surface area contributed by atoms with Gasteiger partial charge in [0.2, 0.25) is 0 Å². The lowest BCUT2D eigenvalue weighted by Crippen LogP contribution is -2.15. The largest absolute Gasteiger partial charge is 0.463 e. The predicted molar refractivity (Wildman–Crippen MR) is 110 cm³/mol. The van der Waals surface area contributed by atoms with E-state index >= 15 is 0 Å². The normalized spacial score (nSPS) is 11.0. The number of hydrogen-bond acceptors (Lipinski definition) is 8. The second-order valence-corrected chi connectivity index (χ2v) is 6.41. The summed E-state index contributed by atoms with van der Waals surface area (Å²) in [5.74, 6) is -0.178. The third-order valence-corrected chi connectivity index (χ3v) is 3.47. The van der Waals surface area contributed by atoms with E-state index in [4.69, 9.17) is 33.2 Å². The summed E-state index contributed by atoms with van der Waals surface area (Å²) in [5, 5.41) is 0. The first-order valence-corrected chi connectivity index (χ1v) is 11.0. The van der Waals surface area contributed by atoms with E-state index in [0.29, 0.717) is 85.7 Å². The molecule has 0 aromatic rings. The number of alkyl halides is 1. The highest BCUT2D eigenvalue weighted by atomic mass is 127. The van der Waals surface area contributed by atoms with Crippen molar-refractivity contribution >= 4 is 28.6 Å². The minimum atomic E-state index is -0.178. The summed E-state index contributed by atoms with van der Waals surface area (Å²) in [4.78, 5) is 11.1. The maximum atomic E-state index is 11.1. The summed E-state index contributed by atoms with van der Waals surface area (Å²) in [5.41, 5.74) is 0. The van der Waals surface area contributed by atoms with Crippen molar-refractivity contribution in [3.05, 3.63) is 0 Å². The smallest absolute Gasteiger partial charge is 0.305 e. The van der Waals surface area contributed by atoms with E-state index in [9.17, 15) is 4.79 Å². The van der Waals surface area contributed by atoms with Gasteiger partial charge in [0.1, 0.15) is 6.61 Å². The van der Waals surface area contributed by atoms with Gasteiger partial charge >= 0.3 is 5.97 Å². The molecule has 0 radical (unpaired) electrons. The molecular formula is C18H35IO8. The second-order valence-electron chi connectivity index (χ2n) is 5.33. The number of esters is 1. The molecule has 0 saturated carbocycles. The molecule has 9 heteroatoms. The van der Waals surface area contributed by atoms with E-state index in [1.54, 1.807) is 0 Å². The number of carbonyl (C=O) groups excluding carboxylic acids is 1. The van der Waals surface area contributed by atoms with Gasteiger partial charge in [0.15, 0.2) is 0 Å². The van der Waals surface area contributed by atoms with Crippen molar-refractivity contribution in [1.29, 1.82) is 0 Å². The highest BCUT2D eigenvalue weighted by Gasteiger charge is 1.99. The van der Waals surface area contributed by atoms with E-state index in [0.717, 1.165) is 17.5 Å².